The maximum Gasteiger partial charge on any atom is 0.401 e. The van der Waals surface area contributed by atoms with Crippen LogP contribution in [0.25, 0.3) is 0 Å². The Balaban J connectivity index is 3.95. The van der Waals surface area contributed by atoms with Gasteiger partial charge in [0.25, 0.3) is 0 Å². The van der Waals surface area contributed by atoms with Crippen molar-refractivity contribution in [2.45, 2.75) is 38.4 Å². The molecule has 0 aromatic heterocycles. The molecule has 0 aromatic carbocycles. The molecule has 0 atom stereocenters. The van der Waals surface area contributed by atoms with Crippen molar-refractivity contribution in [1.82, 2.24) is 10.6 Å². The average Bonchev–Trinajstić information content (AvgIpc) is 2.12. The maximum atomic E-state index is 11.8. The van der Waals surface area contributed by atoms with Crippen LogP contribution in [-0.2, 0) is 9.59 Å². The van der Waals surface area contributed by atoms with Gasteiger partial charge in [-0.25, -0.2) is 0 Å². The first kappa shape index (κ1) is 16.7. The normalized spacial score (nSPS) is 12.3. The zero-order valence-corrected chi connectivity index (χ0v) is 10.2. The SMILES string of the molecule is CC(C)(CCC(=O)O)NC(=O)CNCC(F)(F)F. The van der Waals surface area contributed by atoms with E-state index in [1.54, 1.807) is 13.8 Å². The molecule has 0 aliphatic rings. The van der Waals surface area contributed by atoms with Gasteiger partial charge >= 0.3 is 12.1 Å². The van der Waals surface area contributed by atoms with Crippen molar-refractivity contribution >= 4 is 11.9 Å². The summed E-state index contributed by atoms with van der Waals surface area (Å²) in [7, 11) is 0. The Bertz CT molecular complexity index is 303. The van der Waals surface area contributed by atoms with Crippen molar-refractivity contribution in [1.29, 1.82) is 0 Å². The molecule has 0 spiro atoms. The highest BCUT2D eigenvalue weighted by Crippen LogP contribution is 2.12. The minimum atomic E-state index is -4.36. The molecule has 0 saturated heterocycles. The van der Waals surface area contributed by atoms with Crippen molar-refractivity contribution in [3.63, 3.8) is 0 Å². The lowest BCUT2D eigenvalue weighted by Crippen LogP contribution is -2.48. The predicted octanol–water partition coefficient (Wildman–Crippen LogP) is 0.898. The van der Waals surface area contributed by atoms with E-state index in [2.05, 4.69) is 5.32 Å². The molecule has 0 fully saturated rings. The van der Waals surface area contributed by atoms with Crippen LogP contribution in [0.1, 0.15) is 26.7 Å². The molecule has 3 N–H and O–H groups in total. The molecule has 0 radical (unpaired) electrons. The van der Waals surface area contributed by atoms with Gasteiger partial charge in [-0.1, -0.05) is 0 Å². The zero-order valence-electron chi connectivity index (χ0n) is 10.2. The molecule has 0 aromatic rings. The number of hydrogen-bond acceptors (Lipinski definition) is 3. The molecular formula is C10H17F3N2O3. The smallest absolute Gasteiger partial charge is 0.401 e. The summed E-state index contributed by atoms with van der Waals surface area (Å²) >= 11 is 0. The summed E-state index contributed by atoms with van der Waals surface area (Å²) in [5.41, 5.74) is -0.768. The van der Waals surface area contributed by atoms with E-state index in [1.165, 1.54) is 0 Å². The van der Waals surface area contributed by atoms with Crippen LogP contribution >= 0.6 is 0 Å². The topological polar surface area (TPSA) is 78.4 Å². The van der Waals surface area contributed by atoms with E-state index in [4.69, 9.17) is 5.11 Å². The largest absolute Gasteiger partial charge is 0.481 e. The fraction of sp³-hybridized carbons (Fsp3) is 0.800. The quantitative estimate of drug-likeness (QED) is 0.642. The van der Waals surface area contributed by atoms with Crippen LogP contribution in [0.15, 0.2) is 0 Å². The van der Waals surface area contributed by atoms with E-state index in [1.807, 2.05) is 5.32 Å². The Labute approximate surface area is 103 Å². The summed E-state index contributed by atoms with van der Waals surface area (Å²) in [6.07, 6.45) is -4.28. The number of halogens is 3. The second-order valence-corrected chi connectivity index (χ2v) is 4.54. The highest BCUT2D eigenvalue weighted by Gasteiger charge is 2.27. The van der Waals surface area contributed by atoms with Gasteiger partial charge in [-0.2, -0.15) is 13.2 Å². The van der Waals surface area contributed by atoms with E-state index in [-0.39, 0.29) is 12.8 Å². The first-order valence-corrected chi connectivity index (χ1v) is 5.32. The van der Waals surface area contributed by atoms with E-state index in [0.29, 0.717) is 0 Å². The van der Waals surface area contributed by atoms with Gasteiger partial charge < -0.3 is 15.7 Å². The Morgan fingerprint density at radius 1 is 1.22 bits per heavy atom. The van der Waals surface area contributed by atoms with Crippen LogP contribution in [0, 0.1) is 0 Å². The number of rotatable bonds is 7. The summed E-state index contributed by atoms with van der Waals surface area (Å²) in [6.45, 7) is 1.52. The molecule has 18 heavy (non-hydrogen) atoms. The summed E-state index contributed by atoms with van der Waals surface area (Å²) < 4.78 is 35.4. The number of carboxylic acid groups (broad SMARTS) is 1. The van der Waals surface area contributed by atoms with Crippen LogP contribution < -0.4 is 10.6 Å². The average molecular weight is 270 g/mol. The number of carbonyl (C=O) groups is 2. The van der Waals surface area contributed by atoms with Crippen LogP contribution in [0.2, 0.25) is 0 Å². The predicted molar refractivity (Wildman–Crippen MR) is 58.0 cm³/mol. The number of carboxylic acids is 1. The monoisotopic (exact) mass is 270 g/mol. The second-order valence-electron chi connectivity index (χ2n) is 4.54. The summed E-state index contributed by atoms with van der Waals surface area (Å²) in [6, 6.07) is 0. The van der Waals surface area contributed by atoms with Gasteiger partial charge in [0.05, 0.1) is 13.1 Å². The lowest BCUT2D eigenvalue weighted by atomic mass is 9.98. The molecule has 106 valence electrons. The second kappa shape index (κ2) is 6.58. The van der Waals surface area contributed by atoms with Crippen molar-refractivity contribution in [2.24, 2.45) is 0 Å². The molecule has 5 nitrogen and oxygen atoms in total. The third-order valence-corrected chi connectivity index (χ3v) is 2.05. The molecule has 0 rings (SSSR count). The minimum absolute atomic E-state index is 0.122. The first-order valence-electron chi connectivity index (χ1n) is 5.32. The first-order chi connectivity index (χ1) is 8.02. The van der Waals surface area contributed by atoms with Crippen molar-refractivity contribution in [3.8, 4) is 0 Å². The van der Waals surface area contributed by atoms with Gasteiger partial charge in [-0.15, -0.1) is 0 Å². The van der Waals surface area contributed by atoms with Crippen LogP contribution in [0.4, 0.5) is 13.2 Å². The lowest BCUT2D eigenvalue weighted by molar-refractivity contribution is -0.138. The molecule has 0 unspecified atom stereocenters. The molecule has 0 saturated carbocycles. The Morgan fingerprint density at radius 2 is 1.78 bits per heavy atom. The zero-order chi connectivity index (χ0) is 14.4. The van der Waals surface area contributed by atoms with Gasteiger partial charge in [0.2, 0.25) is 5.91 Å². The number of amides is 1. The van der Waals surface area contributed by atoms with Crippen molar-refractivity contribution in [2.75, 3.05) is 13.1 Å². The third-order valence-electron chi connectivity index (χ3n) is 2.05. The van der Waals surface area contributed by atoms with Gasteiger partial charge in [-0.3, -0.25) is 9.59 Å². The minimum Gasteiger partial charge on any atom is -0.481 e. The van der Waals surface area contributed by atoms with Crippen LogP contribution in [0.5, 0.6) is 0 Å². The van der Waals surface area contributed by atoms with Gasteiger partial charge in [-0.05, 0) is 20.3 Å². The molecule has 0 aliphatic carbocycles. The molecule has 1 amide bonds. The highest BCUT2D eigenvalue weighted by atomic mass is 19.4. The molecule has 8 heteroatoms. The summed E-state index contributed by atoms with van der Waals surface area (Å²) in [5.74, 6) is -1.60. The van der Waals surface area contributed by atoms with Gasteiger partial charge in [0, 0.05) is 12.0 Å². The van der Waals surface area contributed by atoms with Crippen molar-refractivity contribution in [3.05, 3.63) is 0 Å². The number of alkyl halides is 3. The van der Waals surface area contributed by atoms with Gasteiger partial charge in [0.15, 0.2) is 0 Å². The molecule has 0 bridgehead atoms. The Hall–Kier alpha value is -1.31. The van der Waals surface area contributed by atoms with E-state index in [0.717, 1.165) is 0 Å². The van der Waals surface area contributed by atoms with Crippen molar-refractivity contribution < 1.29 is 27.9 Å². The maximum absolute atomic E-state index is 11.8. The Morgan fingerprint density at radius 3 is 2.22 bits per heavy atom. The van der Waals surface area contributed by atoms with E-state index in [9.17, 15) is 22.8 Å². The van der Waals surface area contributed by atoms with E-state index >= 15 is 0 Å². The number of aliphatic carboxylic acids is 1. The lowest BCUT2D eigenvalue weighted by Gasteiger charge is -2.25. The summed E-state index contributed by atoms with van der Waals surface area (Å²) in [4.78, 5) is 21.7. The standard InChI is InChI=1S/C10H17F3N2O3/c1-9(2,4-3-8(17)18)15-7(16)5-14-6-10(11,12)13/h14H,3-6H2,1-2H3,(H,15,16)(H,17,18). The summed E-state index contributed by atoms with van der Waals surface area (Å²) in [5, 5.41) is 12.9. The number of hydrogen-bond donors (Lipinski definition) is 3. The molecule has 0 heterocycles. The number of carbonyl (C=O) groups excluding carboxylic acids is 1. The number of nitrogens with one attached hydrogen (secondary N) is 2. The van der Waals surface area contributed by atoms with Gasteiger partial charge in [0.1, 0.15) is 0 Å². The van der Waals surface area contributed by atoms with Crippen LogP contribution in [0.3, 0.4) is 0 Å². The fourth-order valence-corrected chi connectivity index (χ4v) is 1.22. The van der Waals surface area contributed by atoms with E-state index < -0.39 is 36.7 Å². The molecular weight excluding hydrogens is 253 g/mol. The highest BCUT2D eigenvalue weighted by molar-refractivity contribution is 5.78. The fourth-order valence-electron chi connectivity index (χ4n) is 1.22. The Kier molecular flexibility index (Phi) is 6.10. The third kappa shape index (κ3) is 9.88. The van der Waals surface area contributed by atoms with Crippen LogP contribution in [-0.4, -0.2) is 41.8 Å². The molecule has 0 aliphatic heterocycles.